The van der Waals surface area contributed by atoms with Crippen LogP contribution in [0.25, 0.3) is 0 Å². The molecule has 4 heterocycles. The molecule has 133 heavy (non-hydrogen) atoms. The molecule has 4 aliphatic heterocycles. The predicted molar refractivity (Wildman–Crippen MR) is 497 cm³/mol. The van der Waals surface area contributed by atoms with Crippen molar-refractivity contribution in [3.63, 3.8) is 0 Å². The summed E-state index contributed by atoms with van der Waals surface area (Å²) in [5.41, 5.74) is 12.8. The molecular weight excluding hydrogens is 1900 g/mol. The van der Waals surface area contributed by atoms with Gasteiger partial charge < -0.3 is 130 Å². The Hall–Kier alpha value is -7.65. The predicted octanol–water partition coefficient (Wildman–Crippen LogP) is 5.58. The Bertz CT molecular complexity index is 4640. The number of carbonyl (C=O) groups is 9. The number of hydrogen-bond acceptors (Lipinski definition) is 33. The number of aliphatic hydroxyl groups is 5. The third kappa shape index (κ3) is 26.4. The number of Topliss-reactive ketones (excluding diaryl/α,β-unsaturated/α-hetero) is 1. The van der Waals surface area contributed by atoms with Crippen molar-refractivity contribution in [3.05, 3.63) is 79.6 Å². The van der Waals surface area contributed by atoms with Gasteiger partial charge in [0.2, 0.25) is 40.8 Å². The fourth-order valence-corrected chi connectivity index (χ4v) is 24.0. The molecule has 4 saturated carbocycles. The van der Waals surface area contributed by atoms with Crippen LogP contribution in [0.4, 0.5) is 20.1 Å². The van der Waals surface area contributed by atoms with Crippen LogP contribution in [0, 0.1) is 57.8 Å². The number of amides is 8. The molecule has 4 saturated heterocycles. The first-order chi connectivity index (χ1) is 63.5. The number of methoxy groups -OCH3 is 5. The number of ether oxygens (including phenoxy) is 13. The molecule has 0 unspecified atom stereocenters. The number of hydrogen-bond donors (Lipinski definition) is 14. The van der Waals surface area contributed by atoms with Gasteiger partial charge in [0.05, 0.1) is 97.0 Å². The van der Waals surface area contributed by atoms with E-state index < -0.39 is 198 Å². The maximum absolute atomic E-state index is 14.7. The van der Waals surface area contributed by atoms with E-state index in [-0.39, 0.29) is 103 Å². The summed E-state index contributed by atoms with van der Waals surface area (Å²) in [5, 5.41) is 74.4. The number of carbonyl (C=O) groups excluding carboxylic acids is 9. The standard InChI is InChI=1S/C91H127IN10O28S3/c1-14-102(89(115)123-43-51-25-27-55(28-26-51)97-81(109)58(23-21-32-95-87(94)113)98-83(111)69(45(2)3)99-82(110)57(96-50(8)103)22-18-20-31-93)59-44-122-64(38-63(59)117-9)128-78-73(107)70(101-130-65-37-60(104)80(49(7)124-65)132-84(112)66-46(4)68(92)76(79(120-12)75(66)118-10)129-85-74(108)77(119-11)72(106)48(6)126-85)47(5)125-86(78)127-62-24-17-15-16-19-30-91(116)42-61(105)71(100-88(114)121-13)67(62)56(91)29-33-131-133-90-39-52-34-53(40-90)36-54(35-52)41-90/h15-16,25-29,45,47-49,52-54,57-60,62-65,69-70,72-74,77-78,80,85-86,101,104,106-108,116H,14,18,20-23,31-44,93H2,1-13H3,(H,96,103)(H,97,109)(H,98,111)(H,99,110)(H,100,114)(H3,94,95,113)/b16-15?,56-29+/t47-,48+,49-,52?,53?,54?,57+,58+,59+,60+,62+,63+,64+,65+,69+,70-,72+,73+,74-,77-,78-,80-,85+,86+,90?,91+/m1/s1. The molecule has 0 radical (unpaired) electrons. The number of allylic oxidation sites excluding steroid dienone is 3. The highest BCUT2D eigenvalue weighted by molar-refractivity contribution is 14.1. The summed E-state index contributed by atoms with van der Waals surface area (Å²) in [7, 11) is 10.1. The molecular formula is C91H127IN10O28S3. The minimum atomic E-state index is -2.16. The number of unbranched alkanes of at least 4 members (excludes halogenated alkanes) is 1. The first-order valence-corrected chi connectivity index (χ1v) is 49.2. The summed E-state index contributed by atoms with van der Waals surface area (Å²) in [6, 6.07) is 0.260. The van der Waals surface area contributed by atoms with E-state index in [1.807, 2.05) is 33.4 Å². The molecule has 42 heteroatoms. The first-order valence-electron chi connectivity index (χ1n) is 44.9. The largest absolute Gasteiger partial charge is 0.492 e. The van der Waals surface area contributed by atoms with Crippen LogP contribution in [-0.2, 0) is 82.8 Å². The Morgan fingerprint density at radius 1 is 0.752 bits per heavy atom. The van der Waals surface area contributed by atoms with Crippen LogP contribution in [-0.4, -0.2) is 289 Å². The number of aliphatic hydroxyl groups excluding tert-OH is 4. The molecule has 6 bridgehead atoms. The van der Waals surface area contributed by atoms with Crippen molar-refractivity contribution in [1.82, 2.24) is 37.0 Å². The fourth-order valence-electron chi connectivity index (χ4n) is 19.0. The molecule has 10 aliphatic rings. The molecule has 734 valence electrons. The Balaban J connectivity index is 0.803. The van der Waals surface area contributed by atoms with E-state index in [0.29, 0.717) is 63.3 Å². The van der Waals surface area contributed by atoms with E-state index in [1.54, 1.807) is 89.6 Å². The summed E-state index contributed by atoms with van der Waals surface area (Å²) >= 11 is 2.77. The molecule has 6 aliphatic carbocycles. The summed E-state index contributed by atoms with van der Waals surface area (Å²) in [6.45, 7) is 13.0. The molecule has 0 aromatic heterocycles. The van der Waals surface area contributed by atoms with Crippen molar-refractivity contribution in [2.24, 2.45) is 35.1 Å². The number of ketones is 1. The molecule has 2 aromatic carbocycles. The zero-order chi connectivity index (χ0) is 96.4. The number of urea groups is 1. The second kappa shape index (κ2) is 48.6. The maximum Gasteiger partial charge on any atom is 0.411 e. The number of nitrogens with zero attached hydrogens (tertiary/aromatic N) is 1. The van der Waals surface area contributed by atoms with Gasteiger partial charge in [-0.05, 0) is 193 Å². The van der Waals surface area contributed by atoms with Crippen molar-refractivity contribution in [1.29, 1.82) is 0 Å². The Labute approximate surface area is 799 Å². The lowest BCUT2D eigenvalue weighted by Gasteiger charge is -2.56. The van der Waals surface area contributed by atoms with Crippen LogP contribution in [0.15, 0.2) is 59.3 Å². The molecule has 12 rings (SSSR count). The molecule has 8 fully saturated rings. The number of nitrogens with two attached hydrogens (primary N) is 2. The van der Waals surface area contributed by atoms with E-state index in [2.05, 4.69) is 61.1 Å². The van der Waals surface area contributed by atoms with E-state index in [4.69, 9.17) is 77.9 Å². The SMILES string of the molecule is CCN(C(=O)OCc1ccc(NC(=O)[C@H](CCCNC(N)=O)NC(=O)[C@@H](NC(=O)[C@H](CCCCN)NC(C)=O)C(C)C)cc1)[C@H]1CO[C@@H](O[C@H]2[C@H](O[C@H]3C#CC=CC#C[C@]4(O)CC(=O)C(NC(=O)OC)=C3/C4=C\CSSC34CC5CC(CC(C5)C3)C4)O[C@H](C)[C@@H](NO[C@H]3C[C@H](O)[C@H](SC(=O)c4c(C)c(I)c(O[C@@H]5O[C@@H](C)[C@H](O)[C@@H](OC)[C@H]5O)c(OC)c4OC)[C@@H](C)O3)[C@@H]2O)C[C@@H]1OC. The fraction of sp³-hybridized carbons (Fsp3) is 0.659. The van der Waals surface area contributed by atoms with Gasteiger partial charge in [-0.1, -0.05) is 89.1 Å². The highest BCUT2D eigenvalue weighted by Crippen LogP contribution is 2.63. The molecule has 2 aromatic rings. The normalized spacial score (nSPS) is 31.4. The quantitative estimate of drug-likeness (QED) is 0.0127. The van der Waals surface area contributed by atoms with Gasteiger partial charge in [0, 0.05) is 74.4 Å². The average molecular weight is 2030 g/mol. The van der Waals surface area contributed by atoms with Crippen LogP contribution < -0.4 is 63.1 Å². The number of benzene rings is 2. The van der Waals surface area contributed by atoms with Crippen molar-refractivity contribution in [3.8, 4) is 40.9 Å². The van der Waals surface area contributed by atoms with Gasteiger partial charge in [0.25, 0.3) is 0 Å². The zero-order valence-electron chi connectivity index (χ0n) is 76.9. The third-order valence-corrected chi connectivity index (χ3v) is 31.2. The minimum absolute atomic E-state index is 0.00450. The molecule has 0 spiro atoms. The van der Waals surface area contributed by atoms with Gasteiger partial charge in [-0.25, -0.2) is 14.4 Å². The minimum Gasteiger partial charge on any atom is -0.492 e. The van der Waals surface area contributed by atoms with E-state index in [9.17, 15) is 68.7 Å². The average Bonchev–Trinajstić information content (AvgIpc) is 0.752. The summed E-state index contributed by atoms with van der Waals surface area (Å²) in [5.74, 6) is 10.6. The lowest BCUT2D eigenvalue weighted by molar-refractivity contribution is -0.337. The number of thioether (sulfide) groups is 1. The van der Waals surface area contributed by atoms with E-state index >= 15 is 0 Å². The second-order valence-corrected chi connectivity index (χ2v) is 40.3. The number of fused-ring (bicyclic) bond motifs is 2. The molecule has 22 atom stereocenters. The molecule has 8 amide bonds. The third-order valence-electron chi connectivity index (χ3n) is 25.4. The number of anilines is 1. The van der Waals surface area contributed by atoms with Gasteiger partial charge in [0.1, 0.15) is 61.4 Å². The Morgan fingerprint density at radius 2 is 1.43 bits per heavy atom. The van der Waals surface area contributed by atoms with Crippen molar-refractivity contribution in [2.75, 3.05) is 72.9 Å². The maximum atomic E-state index is 14.7. The topological polar surface area (TPSA) is 523 Å². The zero-order valence-corrected chi connectivity index (χ0v) is 81.6. The van der Waals surface area contributed by atoms with Crippen molar-refractivity contribution < 1.29 is 135 Å². The van der Waals surface area contributed by atoms with Crippen LogP contribution in [0.2, 0.25) is 0 Å². The second-order valence-electron chi connectivity index (χ2n) is 35.2. The number of primary amides is 1. The van der Waals surface area contributed by atoms with Crippen LogP contribution in [0.5, 0.6) is 17.2 Å². The van der Waals surface area contributed by atoms with E-state index in [0.717, 1.165) is 38.1 Å². The summed E-state index contributed by atoms with van der Waals surface area (Å²) in [6.07, 6.45) is -8.37. The lowest BCUT2D eigenvalue weighted by Crippen LogP contribution is -2.65. The van der Waals surface area contributed by atoms with Crippen LogP contribution in [0.3, 0.4) is 0 Å². The Kier molecular flexibility index (Phi) is 38.6. The summed E-state index contributed by atoms with van der Waals surface area (Å²) in [4.78, 5) is 130. The van der Waals surface area contributed by atoms with E-state index in [1.165, 1.54) is 71.7 Å². The molecule has 16 N–H and O–H groups in total. The smallest absolute Gasteiger partial charge is 0.411 e. The van der Waals surface area contributed by atoms with Crippen LogP contribution in [0.1, 0.15) is 160 Å². The summed E-state index contributed by atoms with van der Waals surface area (Å²) < 4.78 is 80.3. The van der Waals surface area contributed by atoms with Crippen LogP contribution >= 0.6 is 55.9 Å². The monoisotopic (exact) mass is 2030 g/mol. The lowest BCUT2D eigenvalue weighted by atomic mass is 9.56. The number of likely N-dealkylation sites (N-methyl/N-ethyl adjacent to an activating group) is 1. The molecule has 38 nitrogen and oxygen atoms in total. The van der Waals surface area contributed by atoms with Gasteiger partial charge in [-0.2, -0.15) is 5.48 Å². The van der Waals surface area contributed by atoms with Crippen molar-refractivity contribution in [2.45, 2.75) is 290 Å². The van der Waals surface area contributed by atoms with Gasteiger partial charge >= 0.3 is 18.2 Å². The van der Waals surface area contributed by atoms with Gasteiger partial charge in [-0.3, -0.25) is 38.9 Å². The highest BCUT2D eigenvalue weighted by atomic mass is 127. The van der Waals surface area contributed by atoms with Crippen molar-refractivity contribution >= 4 is 114 Å². The number of halogens is 1. The van der Waals surface area contributed by atoms with Gasteiger partial charge in [-0.15, -0.1) is 0 Å². The number of nitrogens with one attached hydrogen (secondary N) is 7. The number of rotatable bonds is 40. The highest BCUT2D eigenvalue weighted by Gasteiger charge is 2.55. The Morgan fingerprint density at radius 3 is 2.06 bits per heavy atom. The number of alkyl carbamates (subject to hydrolysis) is 1. The first kappa shape index (κ1) is 106. The van der Waals surface area contributed by atoms with Gasteiger partial charge in [0.15, 0.2) is 41.8 Å². The number of hydroxylamine groups is 1.